The van der Waals surface area contributed by atoms with Crippen LogP contribution in [0.4, 0.5) is 8.78 Å². The van der Waals surface area contributed by atoms with Crippen LogP contribution in [-0.4, -0.2) is 9.55 Å². The van der Waals surface area contributed by atoms with Crippen LogP contribution in [0.3, 0.4) is 0 Å². The maximum Gasteiger partial charge on any atom is 0.184 e. The predicted octanol–water partition coefficient (Wildman–Crippen LogP) is 4.80. The Bertz CT molecular complexity index is 630. The molecule has 20 heavy (non-hydrogen) atoms. The first-order valence-corrected chi connectivity index (χ1v) is 7.56. The molecule has 2 aromatic rings. The SMILES string of the molecule is CC1CCC(n2c(CCl)nc3ccc(F)c(F)c32)CC1. The number of benzene rings is 1. The molecule has 0 N–H and O–H groups in total. The summed E-state index contributed by atoms with van der Waals surface area (Å²) in [5, 5.41) is 0. The molecule has 1 heterocycles. The van der Waals surface area contributed by atoms with E-state index in [4.69, 9.17) is 11.6 Å². The molecule has 0 spiro atoms. The molecule has 1 aliphatic carbocycles. The molecule has 0 saturated heterocycles. The Morgan fingerprint density at radius 2 is 1.95 bits per heavy atom. The van der Waals surface area contributed by atoms with E-state index >= 15 is 0 Å². The maximum absolute atomic E-state index is 14.2. The van der Waals surface area contributed by atoms with Crippen molar-refractivity contribution in [3.05, 3.63) is 29.6 Å². The van der Waals surface area contributed by atoms with Gasteiger partial charge >= 0.3 is 0 Å². The van der Waals surface area contributed by atoms with Gasteiger partial charge in [0, 0.05) is 6.04 Å². The van der Waals surface area contributed by atoms with Gasteiger partial charge < -0.3 is 4.57 Å². The number of hydrogen-bond donors (Lipinski definition) is 0. The summed E-state index contributed by atoms with van der Waals surface area (Å²) in [5.74, 6) is -0.108. The van der Waals surface area contributed by atoms with Crippen molar-refractivity contribution in [2.24, 2.45) is 5.92 Å². The van der Waals surface area contributed by atoms with E-state index < -0.39 is 11.6 Å². The summed E-state index contributed by atoms with van der Waals surface area (Å²) in [6.45, 7) is 2.23. The normalized spacial score (nSPS) is 23.4. The molecule has 0 unspecified atom stereocenters. The minimum Gasteiger partial charge on any atom is -0.321 e. The number of fused-ring (bicyclic) bond motifs is 1. The Morgan fingerprint density at radius 3 is 2.60 bits per heavy atom. The molecule has 0 bridgehead atoms. The topological polar surface area (TPSA) is 17.8 Å². The van der Waals surface area contributed by atoms with E-state index in [2.05, 4.69) is 11.9 Å². The van der Waals surface area contributed by atoms with Crippen LogP contribution in [0.1, 0.15) is 44.5 Å². The number of rotatable bonds is 2. The first-order valence-electron chi connectivity index (χ1n) is 7.02. The average Bonchev–Trinajstić information content (AvgIpc) is 2.83. The zero-order valence-corrected chi connectivity index (χ0v) is 12.1. The maximum atomic E-state index is 14.2. The lowest BCUT2D eigenvalue weighted by Gasteiger charge is -2.28. The lowest BCUT2D eigenvalue weighted by molar-refractivity contribution is 0.289. The van der Waals surface area contributed by atoms with Crippen molar-refractivity contribution in [3.8, 4) is 0 Å². The number of nitrogens with zero attached hydrogens (tertiary/aromatic N) is 2. The van der Waals surface area contributed by atoms with E-state index in [0.29, 0.717) is 17.3 Å². The zero-order chi connectivity index (χ0) is 14.3. The van der Waals surface area contributed by atoms with Gasteiger partial charge in [-0.05, 0) is 43.7 Å². The molecule has 1 aromatic heterocycles. The highest BCUT2D eigenvalue weighted by atomic mass is 35.5. The Labute approximate surface area is 121 Å². The van der Waals surface area contributed by atoms with Crippen molar-refractivity contribution in [2.45, 2.75) is 44.5 Å². The number of alkyl halides is 1. The van der Waals surface area contributed by atoms with E-state index in [9.17, 15) is 8.78 Å². The van der Waals surface area contributed by atoms with Gasteiger partial charge in [-0.3, -0.25) is 0 Å². The smallest absolute Gasteiger partial charge is 0.184 e. The molecule has 1 saturated carbocycles. The molecule has 3 rings (SSSR count). The molecule has 1 aliphatic rings. The fourth-order valence-corrected chi connectivity index (χ4v) is 3.35. The van der Waals surface area contributed by atoms with Gasteiger partial charge in [-0.1, -0.05) is 6.92 Å². The van der Waals surface area contributed by atoms with Crippen molar-refractivity contribution < 1.29 is 8.78 Å². The molecule has 5 heteroatoms. The fraction of sp³-hybridized carbons (Fsp3) is 0.533. The van der Waals surface area contributed by atoms with Gasteiger partial charge in [0.1, 0.15) is 11.3 Å². The lowest BCUT2D eigenvalue weighted by Crippen LogP contribution is -2.18. The van der Waals surface area contributed by atoms with Gasteiger partial charge in [-0.2, -0.15) is 0 Å². The number of aromatic nitrogens is 2. The van der Waals surface area contributed by atoms with Gasteiger partial charge in [-0.25, -0.2) is 13.8 Å². The third-order valence-corrected chi connectivity index (χ3v) is 4.53. The average molecular weight is 299 g/mol. The minimum absolute atomic E-state index is 0.168. The molecule has 0 aliphatic heterocycles. The second-order valence-corrected chi connectivity index (χ2v) is 5.94. The third kappa shape index (κ3) is 2.20. The van der Waals surface area contributed by atoms with Crippen molar-refractivity contribution in [3.63, 3.8) is 0 Å². The highest BCUT2D eigenvalue weighted by Crippen LogP contribution is 2.36. The number of hydrogen-bond acceptors (Lipinski definition) is 1. The van der Waals surface area contributed by atoms with Gasteiger partial charge in [0.25, 0.3) is 0 Å². The lowest BCUT2D eigenvalue weighted by atomic mass is 9.87. The summed E-state index contributed by atoms with van der Waals surface area (Å²) < 4.78 is 29.5. The highest BCUT2D eigenvalue weighted by molar-refractivity contribution is 6.16. The van der Waals surface area contributed by atoms with Gasteiger partial charge in [0.05, 0.1) is 11.4 Å². The van der Waals surface area contributed by atoms with Crippen LogP contribution in [0.15, 0.2) is 12.1 Å². The van der Waals surface area contributed by atoms with E-state index in [1.54, 1.807) is 0 Å². The minimum atomic E-state index is -0.830. The molecule has 0 atom stereocenters. The number of halogens is 3. The van der Waals surface area contributed by atoms with Gasteiger partial charge in [0.2, 0.25) is 0 Å². The summed E-state index contributed by atoms with van der Waals surface area (Å²) in [4.78, 5) is 4.35. The molecule has 1 aromatic carbocycles. The molecular formula is C15H17ClF2N2. The molecule has 108 valence electrons. The van der Waals surface area contributed by atoms with Crippen molar-refractivity contribution >= 4 is 22.6 Å². The summed E-state index contributed by atoms with van der Waals surface area (Å²) in [7, 11) is 0. The Balaban J connectivity index is 2.14. The summed E-state index contributed by atoms with van der Waals surface area (Å²) in [5.41, 5.74) is 0.748. The van der Waals surface area contributed by atoms with Crippen LogP contribution in [0.25, 0.3) is 11.0 Å². The molecule has 1 fully saturated rings. The Kier molecular flexibility index (Phi) is 3.67. The zero-order valence-electron chi connectivity index (χ0n) is 11.4. The first-order chi connectivity index (χ1) is 9.61. The third-order valence-electron chi connectivity index (χ3n) is 4.29. The molecule has 2 nitrogen and oxygen atoms in total. The summed E-state index contributed by atoms with van der Waals surface area (Å²) in [6.07, 6.45) is 4.13. The standard InChI is InChI=1S/C15H17ClF2N2/c1-9-2-4-10(5-3-9)20-13(8-16)19-12-7-6-11(17)14(18)15(12)20/h6-7,9-10H,2-5,8H2,1H3. The van der Waals surface area contributed by atoms with Crippen LogP contribution in [0.2, 0.25) is 0 Å². The molecule has 0 amide bonds. The summed E-state index contributed by atoms with van der Waals surface area (Å²) in [6, 6.07) is 2.81. The number of imidazole rings is 1. The molecule has 0 radical (unpaired) electrons. The quantitative estimate of drug-likeness (QED) is 0.728. The first kappa shape index (κ1) is 13.8. The van der Waals surface area contributed by atoms with Crippen LogP contribution in [-0.2, 0) is 5.88 Å². The Morgan fingerprint density at radius 1 is 1.25 bits per heavy atom. The van der Waals surface area contributed by atoms with E-state index in [-0.39, 0.29) is 17.4 Å². The van der Waals surface area contributed by atoms with E-state index in [1.165, 1.54) is 6.07 Å². The second kappa shape index (κ2) is 5.32. The molecular weight excluding hydrogens is 282 g/mol. The van der Waals surface area contributed by atoms with Crippen LogP contribution < -0.4 is 0 Å². The largest absolute Gasteiger partial charge is 0.321 e. The van der Waals surface area contributed by atoms with Crippen LogP contribution in [0.5, 0.6) is 0 Å². The van der Waals surface area contributed by atoms with Gasteiger partial charge in [0.15, 0.2) is 11.6 Å². The Hall–Kier alpha value is -1.16. The summed E-state index contributed by atoms with van der Waals surface area (Å²) >= 11 is 5.94. The fourth-order valence-electron chi connectivity index (χ4n) is 3.16. The van der Waals surface area contributed by atoms with Crippen molar-refractivity contribution in [1.29, 1.82) is 0 Å². The van der Waals surface area contributed by atoms with Crippen LogP contribution >= 0.6 is 11.6 Å². The van der Waals surface area contributed by atoms with E-state index in [1.807, 2.05) is 4.57 Å². The predicted molar refractivity (Wildman–Crippen MR) is 75.9 cm³/mol. The van der Waals surface area contributed by atoms with Crippen molar-refractivity contribution in [1.82, 2.24) is 9.55 Å². The highest BCUT2D eigenvalue weighted by Gasteiger charge is 2.26. The van der Waals surface area contributed by atoms with Crippen molar-refractivity contribution in [2.75, 3.05) is 0 Å². The monoisotopic (exact) mass is 298 g/mol. The van der Waals surface area contributed by atoms with E-state index in [0.717, 1.165) is 31.7 Å². The second-order valence-electron chi connectivity index (χ2n) is 5.67. The van der Waals surface area contributed by atoms with Crippen LogP contribution in [0, 0.1) is 17.6 Å². The van der Waals surface area contributed by atoms with Gasteiger partial charge in [-0.15, -0.1) is 11.6 Å².